The van der Waals surface area contributed by atoms with E-state index in [-0.39, 0.29) is 17.6 Å². The van der Waals surface area contributed by atoms with Crippen LogP contribution in [0, 0.1) is 16.0 Å². The van der Waals surface area contributed by atoms with E-state index in [1.165, 1.54) is 6.07 Å². The van der Waals surface area contributed by atoms with Gasteiger partial charge in [-0.25, -0.2) is 0 Å². The van der Waals surface area contributed by atoms with Crippen molar-refractivity contribution < 1.29 is 19.6 Å². The molecule has 2 atom stereocenters. The molecule has 0 saturated carbocycles. The minimum absolute atomic E-state index is 0.105. The molecule has 0 amide bonds. The SMILES string of the molecule is CCN(Cc1ccc([N+](=O)[O-])s1)C1COCC1C(=O)O. The van der Waals surface area contributed by atoms with Crippen LogP contribution < -0.4 is 0 Å². The number of thiophene rings is 1. The second-order valence-corrected chi connectivity index (χ2v) is 5.76. The van der Waals surface area contributed by atoms with Gasteiger partial charge in [0, 0.05) is 23.5 Å². The molecule has 1 saturated heterocycles. The first-order chi connectivity index (χ1) is 9.52. The van der Waals surface area contributed by atoms with Gasteiger partial charge in [0.25, 0.3) is 0 Å². The monoisotopic (exact) mass is 300 g/mol. The molecule has 0 radical (unpaired) electrons. The van der Waals surface area contributed by atoms with Gasteiger partial charge in [0.15, 0.2) is 0 Å². The van der Waals surface area contributed by atoms with E-state index in [4.69, 9.17) is 4.74 Å². The van der Waals surface area contributed by atoms with Crippen LogP contribution in [-0.4, -0.2) is 46.7 Å². The smallest absolute Gasteiger partial charge is 0.324 e. The predicted molar refractivity (Wildman–Crippen MR) is 72.8 cm³/mol. The number of carbonyl (C=O) groups is 1. The molecule has 1 aromatic rings. The number of carboxylic acids is 1. The fraction of sp³-hybridized carbons (Fsp3) is 0.583. The number of nitrogens with zero attached hydrogens (tertiary/aromatic N) is 2. The molecule has 1 aliphatic heterocycles. The van der Waals surface area contributed by atoms with E-state index < -0.39 is 16.8 Å². The van der Waals surface area contributed by atoms with Gasteiger partial charge >= 0.3 is 11.0 Å². The quantitative estimate of drug-likeness (QED) is 0.633. The number of rotatable bonds is 6. The molecular weight excluding hydrogens is 284 g/mol. The third-order valence-electron chi connectivity index (χ3n) is 3.43. The fourth-order valence-corrected chi connectivity index (χ4v) is 3.20. The van der Waals surface area contributed by atoms with Crippen LogP contribution in [0.15, 0.2) is 12.1 Å². The topological polar surface area (TPSA) is 92.9 Å². The van der Waals surface area contributed by atoms with Crippen LogP contribution in [0.4, 0.5) is 5.00 Å². The minimum Gasteiger partial charge on any atom is -0.481 e. The summed E-state index contributed by atoms with van der Waals surface area (Å²) in [5.41, 5.74) is 0. The van der Waals surface area contributed by atoms with Crippen molar-refractivity contribution in [2.75, 3.05) is 19.8 Å². The molecule has 110 valence electrons. The molecule has 1 fully saturated rings. The van der Waals surface area contributed by atoms with Crippen LogP contribution in [-0.2, 0) is 16.1 Å². The summed E-state index contributed by atoms with van der Waals surface area (Å²) in [7, 11) is 0. The summed E-state index contributed by atoms with van der Waals surface area (Å²) in [5, 5.41) is 20.0. The first-order valence-electron chi connectivity index (χ1n) is 6.30. The van der Waals surface area contributed by atoms with Crippen LogP contribution >= 0.6 is 11.3 Å². The van der Waals surface area contributed by atoms with Gasteiger partial charge in [-0.05, 0) is 12.6 Å². The summed E-state index contributed by atoms with van der Waals surface area (Å²) in [5.74, 6) is -1.40. The molecule has 1 aromatic heterocycles. The summed E-state index contributed by atoms with van der Waals surface area (Å²) >= 11 is 1.12. The molecule has 1 aliphatic rings. The molecule has 0 aliphatic carbocycles. The van der Waals surface area contributed by atoms with E-state index in [1.807, 2.05) is 11.8 Å². The van der Waals surface area contributed by atoms with Crippen LogP contribution in [0.25, 0.3) is 0 Å². The van der Waals surface area contributed by atoms with Crippen molar-refractivity contribution in [1.82, 2.24) is 4.90 Å². The largest absolute Gasteiger partial charge is 0.481 e. The highest BCUT2D eigenvalue weighted by molar-refractivity contribution is 7.15. The van der Waals surface area contributed by atoms with Gasteiger partial charge < -0.3 is 9.84 Å². The average Bonchev–Trinajstić information content (AvgIpc) is 3.04. The molecular formula is C12H16N2O5S. The van der Waals surface area contributed by atoms with Crippen molar-refractivity contribution in [2.24, 2.45) is 5.92 Å². The molecule has 20 heavy (non-hydrogen) atoms. The summed E-state index contributed by atoms with van der Waals surface area (Å²) in [6.07, 6.45) is 0. The Labute approximate surface area is 119 Å². The van der Waals surface area contributed by atoms with Crippen molar-refractivity contribution >= 4 is 22.3 Å². The third-order valence-corrected chi connectivity index (χ3v) is 4.45. The first kappa shape index (κ1) is 14.9. The molecule has 0 aromatic carbocycles. The number of likely N-dealkylation sites (N-methyl/N-ethyl adjacent to an activating group) is 1. The zero-order valence-corrected chi connectivity index (χ0v) is 11.8. The van der Waals surface area contributed by atoms with E-state index in [0.717, 1.165) is 16.2 Å². The highest BCUT2D eigenvalue weighted by Gasteiger charge is 2.37. The first-order valence-corrected chi connectivity index (χ1v) is 7.12. The number of hydrogen-bond acceptors (Lipinski definition) is 6. The van der Waals surface area contributed by atoms with Crippen LogP contribution in [0.3, 0.4) is 0 Å². The number of ether oxygens (including phenoxy) is 1. The maximum absolute atomic E-state index is 11.2. The predicted octanol–water partition coefficient (Wildman–Crippen LogP) is 1.58. The molecule has 2 heterocycles. The fourth-order valence-electron chi connectivity index (χ4n) is 2.35. The highest BCUT2D eigenvalue weighted by atomic mass is 32.1. The van der Waals surface area contributed by atoms with Crippen LogP contribution in [0.2, 0.25) is 0 Å². The second kappa shape index (κ2) is 6.29. The molecule has 7 nitrogen and oxygen atoms in total. The Morgan fingerprint density at radius 1 is 1.60 bits per heavy atom. The lowest BCUT2D eigenvalue weighted by Crippen LogP contribution is -2.42. The zero-order chi connectivity index (χ0) is 14.7. The Hall–Kier alpha value is -1.51. The lowest BCUT2D eigenvalue weighted by molar-refractivity contribution is -0.380. The molecule has 8 heteroatoms. The van der Waals surface area contributed by atoms with Crippen molar-refractivity contribution in [3.8, 4) is 0 Å². The van der Waals surface area contributed by atoms with E-state index in [0.29, 0.717) is 19.7 Å². The zero-order valence-electron chi connectivity index (χ0n) is 11.0. The third kappa shape index (κ3) is 3.14. The second-order valence-electron chi connectivity index (χ2n) is 4.61. The van der Waals surface area contributed by atoms with Crippen molar-refractivity contribution in [1.29, 1.82) is 0 Å². The van der Waals surface area contributed by atoms with Gasteiger partial charge in [0.2, 0.25) is 0 Å². The van der Waals surface area contributed by atoms with Gasteiger partial charge in [-0.15, -0.1) is 0 Å². The van der Waals surface area contributed by atoms with Crippen LogP contribution in [0.5, 0.6) is 0 Å². The summed E-state index contributed by atoms with van der Waals surface area (Å²) in [4.78, 5) is 24.3. The van der Waals surface area contributed by atoms with Crippen molar-refractivity contribution in [3.63, 3.8) is 0 Å². The standard InChI is InChI=1S/C12H16N2O5S/c1-2-13(10-7-19-6-9(10)12(15)16)5-8-3-4-11(20-8)14(17)18/h3-4,9-10H,2,5-7H2,1H3,(H,15,16). The lowest BCUT2D eigenvalue weighted by atomic mass is 10.0. The molecule has 2 unspecified atom stereocenters. The summed E-state index contributed by atoms with van der Waals surface area (Å²) in [6.45, 7) is 3.73. The van der Waals surface area contributed by atoms with Crippen molar-refractivity contribution in [3.05, 3.63) is 27.1 Å². The van der Waals surface area contributed by atoms with Gasteiger partial charge in [-0.2, -0.15) is 0 Å². The summed E-state index contributed by atoms with van der Waals surface area (Å²) in [6, 6.07) is 3.02. The molecule has 2 rings (SSSR count). The van der Waals surface area contributed by atoms with Crippen molar-refractivity contribution in [2.45, 2.75) is 19.5 Å². The number of nitro groups is 1. The van der Waals surface area contributed by atoms with Gasteiger partial charge in [0.05, 0.1) is 24.1 Å². The van der Waals surface area contributed by atoms with E-state index in [1.54, 1.807) is 6.07 Å². The Morgan fingerprint density at radius 3 is 2.90 bits per heavy atom. The minimum atomic E-state index is -0.858. The highest BCUT2D eigenvalue weighted by Crippen LogP contribution is 2.27. The molecule has 1 N–H and O–H groups in total. The maximum Gasteiger partial charge on any atom is 0.324 e. The van der Waals surface area contributed by atoms with E-state index >= 15 is 0 Å². The van der Waals surface area contributed by atoms with Gasteiger partial charge in [-0.3, -0.25) is 19.8 Å². The lowest BCUT2D eigenvalue weighted by Gasteiger charge is -2.28. The van der Waals surface area contributed by atoms with Crippen LogP contribution in [0.1, 0.15) is 11.8 Å². The Balaban J connectivity index is 2.08. The number of aliphatic carboxylic acids is 1. The Morgan fingerprint density at radius 2 is 2.35 bits per heavy atom. The maximum atomic E-state index is 11.2. The molecule has 0 bridgehead atoms. The number of carboxylic acid groups (broad SMARTS) is 1. The number of hydrogen-bond donors (Lipinski definition) is 1. The van der Waals surface area contributed by atoms with E-state index in [9.17, 15) is 20.0 Å². The van der Waals surface area contributed by atoms with Gasteiger partial charge in [0.1, 0.15) is 0 Å². The Kier molecular flexibility index (Phi) is 4.69. The normalized spacial score (nSPS) is 22.3. The summed E-state index contributed by atoms with van der Waals surface area (Å²) < 4.78 is 5.27. The van der Waals surface area contributed by atoms with E-state index in [2.05, 4.69) is 0 Å². The Bertz CT molecular complexity index is 504. The molecule has 0 spiro atoms. The average molecular weight is 300 g/mol. The van der Waals surface area contributed by atoms with Gasteiger partial charge in [-0.1, -0.05) is 18.3 Å².